The number of methoxy groups -OCH3 is 1. The molecule has 8 heteroatoms. The average molecular weight is 391 g/mol. The van der Waals surface area contributed by atoms with Crippen LogP contribution in [-0.4, -0.2) is 43.4 Å². The molecule has 1 aliphatic rings. The summed E-state index contributed by atoms with van der Waals surface area (Å²) < 4.78 is 34.1. The minimum atomic E-state index is -3.60. The Morgan fingerprint density at radius 2 is 1.89 bits per heavy atom. The van der Waals surface area contributed by atoms with Crippen LogP contribution < -0.4 is 10.1 Å². The monoisotopic (exact) mass is 391 g/mol. The lowest BCUT2D eigenvalue weighted by Gasteiger charge is -2.29. The van der Waals surface area contributed by atoms with Crippen molar-refractivity contribution in [3.8, 4) is 5.75 Å². The van der Waals surface area contributed by atoms with Crippen LogP contribution in [0.4, 0.5) is 5.69 Å². The lowest BCUT2D eigenvalue weighted by molar-refractivity contribution is 0.101. The van der Waals surface area contributed by atoms with Crippen molar-refractivity contribution in [1.82, 2.24) is 8.87 Å². The molecule has 1 N–H and O–H groups in total. The molecule has 0 radical (unpaired) electrons. The largest absolute Gasteiger partial charge is 0.495 e. The maximum Gasteiger partial charge on any atom is 0.272 e. The van der Waals surface area contributed by atoms with Gasteiger partial charge >= 0.3 is 0 Å². The zero-order chi connectivity index (χ0) is 19.6. The van der Waals surface area contributed by atoms with Crippen molar-refractivity contribution in [2.45, 2.75) is 24.7 Å². The fourth-order valence-electron chi connectivity index (χ4n) is 3.21. The van der Waals surface area contributed by atoms with Gasteiger partial charge in [-0.05, 0) is 37.0 Å². The summed E-state index contributed by atoms with van der Waals surface area (Å²) in [5, 5.41) is 2.78. The van der Waals surface area contributed by atoms with Gasteiger partial charge < -0.3 is 14.6 Å². The van der Waals surface area contributed by atoms with Gasteiger partial charge in [0.1, 0.15) is 16.3 Å². The molecule has 3 rings (SSSR count). The molecule has 2 aromatic rings. The minimum Gasteiger partial charge on any atom is -0.495 e. The van der Waals surface area contributed by atoms with E-state index in [0.717, 1.165) is 12.8 Å². The molecular formula is C19H25N3O4S. The molecule has 27 heavy (non-hydrogen) atoms. The van der Waals surface area contributed by atoms with Gasteiger partial charge in [0.15, 0.2) is 0 Å². The number of para-hydroxylation sites is 2. The molecule has 146 valence electrons. The Bertz CT molecular complexity index is 928. The molecule has 0 atom stereocenters. The first-order chi connectivity index (χ1) is 12.8. The van der Waals surface area contributed by atoms with Gasteiger partial charge in [-0.3, -0.25) is 4.79 Å². The summed E-state index contributed by atoms with van der Waals surface area (Å²) in [5.41, 5.74) is 0.797. The van der Waals surface area contributed by atoms with Crippen LogP contribution in [-0.2, 0) is 17.1 Å². The Hall–Kier alpha value is -2.32. The molecule has 2 heterocycles. The van der Waals surface area contributed by atoms with Crippen LogP contribution in [0, 0.1) is 5.92 Å². The summed E-state index contributed by atoms with van der Waals surface area (Å²) in [6.07, 6.45) is 3.20. The number of piperidine rings is 1. The van der Waals surface area contributed by atoms with Gasteiger partial charge in [-0.15, -0.1) is 0 Å². The molecule has 1 aliphatic heterocycles. The zero-order valence-electron chi connectivity index (χ0n) is 15.8. The van der Waals surface area contributed by atoms with Crippen molar-refractivity contribution in [2.75, 3.05) is 25.5 Å². The molecule has 7 nitrogen and oxygen atoms in total. The van der Waals surface area contributed by atoms with E-state index in [4.69, 9.17) is 4.74 Å². The van der Waals surface area contributed by atoms with Crippen LogP contribution in [0.1, 0.15) is 30.3 Å². The highest BCUT2D eigenvalue weighted by molar-refractivity contribution is 7.89. The number of benzene rings is 1. The number of carbonyl (C=O) groups is 1. The van der Waals surface area contributed by atoms with Crippen molar-refractivity contribution < 1.29 is 17.9 Å². The van der Waals surface area contributed by atoms with Crippen LogP contribution in [0.2, 0.25) is 0 Å². The lowest BCUT2D eigenvalue weighted by atomic mass is 10.0. The second-order valence-electron chi connectivity index (χ2n) is 6.91. The van der Waals surface area contributed by atoms with Gasteiger partial charge in [-0.25, -0.2) is 8.42 Å². The smallest absolute Gasteiger partial charge is 0.272 e. The Morgan fingerprint density at radius 1 is 1.22 bits per heavy atom. The zero-order valence-corrected chi connectivity index (χ0v) is 16.6. The molecule has 1 aromatic carbocycles. The number of aryl methyl sites for hydroxylation is 1. The number of nitrogens with one attached hydrogen (secondary N) is 1. The number of sulfonamides is 1. The first kappa shape index (κ1) is 19.4. The van der Waals surface area contributed by atoms with Crippen LogP contribution in [0.15, 0.2) is 41.4 Å². The third-order valence-electron chi connectivity index (χ3n) is 4.95. The summed E-state index contributed by atoms with van der Waals surface area (Å²) in [6.45, 7) is 3.16. The minimum absolute atomic E-state index is 0.143. The molecule has 1 amide bonds. The topological polar surface area (TPSA) is 80.6 Å². The van der Waals surface area contributed by atoms with Gasteiger partial charge in [0.05, 0.1) is 12.8 Å². The third kappa shape index (κ3) is 4.01. The number of nitrogens with zero attached hydrogens (tertiary/aromatic N) is 2. The molecule has 0 unspecified atom stereocenters. The third-order valence-corrected chi connectivity index (χ3v) is 6.81. The number of aromatic nitrogens is 1. The number of carbonyl (C=O) groups excluding carboxylic acids is 1. The van der Waals surface area contributed by atoms with E-state index in [9.17, 15) is 13.2 Å². The maximum absolute atomic E-state index is 12.9. The van der Waals surface area contributed by atoms with Crippen LogP contribution in [0.25, 0.3) is 0 Å². The van der Waals surface area contributed by atoms with E-state index in [-0.39, 0.29) is 10.6 Å². The van der Waals surface area contributed by atoms with Gasteiger partial charge in [0.2, 0.25) is 10.0 Å². The van der Waals surface area contributed by atoms with Crippen molar-refractivity contribution in [2.24, 2.45) is 13.0 Å². The predicted molar refractivity (Wildman–Crippen MR) is 104 cm³/mol. The second-order valence-corrected chi connectivity index (χ2v) is 8.85. The standard InChI is InChI=1S/C19H25N3O4S/c1-14-8-10-22(11-9-14)27(24,25)15-12-17(21(2)13-15)19(23)20-16-6-4-5-7-18(16)26-3/h4-7,12-14H,8-11H2,1-3H3,(H,20,23). The van der Waals surface area contributed by atoms with Gasteiger partial charge in [-0.1, -0.05) is 19.1 Å². The first-order valence-corrected chi connectivity index (χ1v) is 10.4. The number of hydrogen-bond acceptors (Lipinski definition) is 4. The molecule has 0 aliphatic carbocycles. The van der Waals surface area contributed by atoms with Crippen LogP contribution in [0.3, 0.4) is 0 Å². The predicted octanol–water partition coefficient (Wildman–Crippen LogP) is 2.71. The Morgan fingerprint density at radius 3 is 2.56 bits per heavy atom. The first-order valence-electron chi connectivity index (χ1n) is 8.94. The van der Waals surface area contributed by atoms with E-state index in [0.29, 0.717) is 30.4 Å². The van der Waals surface area contributed by atoms with E-state index in [2.05, 4.69) is 12.2 Å². The average Bonchev–Trinajstić information content (AvgIpc) is 3.05. The molecule has 0 saturated carbocycles. The summed E-state index contributed by atoms with van der Waals surface area (Å²) in [4.78, 5) is 12.8. The summed E-state index contributed by atoms with van der Waals surface area (Å²) in [6, 6.07) is 8.50. The highest BCUT2D eigenvalue weighted by atomic mass is 32.2. The summed E-state index contributed by atoms with van der Waals surface area (Å²) in [7, 11) is -0.412. The Labute approximate surface area is 160 Å². The van der Waals surface area contributed by atoms with Crippen molar-refractivity contribution in [3.63, 3.8) is 0 Å². The Balaban J connectivity index is 1.82. The second kappa shape index (κ2) is 7.74. The van der Waals surface area contributed by atoms with E-state index in [1.807, 2.05) is 0 Å². The van der Waals surface area contributed by atoms with E-state index in [1.165, 1.54) is 28.2 Å². The molecule has 1 aromatic heterocycles. The molecular weight excluding hydrogens is 366 g/mol. The molecule has 1 saturated heterocycles. The number of ether oxygens (including phenoxy) is 1. The van der Waals surface area contributed by atoms with Gasteiger partial charge in [0, 0.05) is 26.3 Å². The number of rotatable bonds is 5. The van der Waals surface area contributed by atoms with E-state index < -0.39 is 15.9 Å². The number of anilines is 1. The van der Waals surface area contributed by atoms with E-state index >= 15 is 0 Å². The van der Waals surface area contributed by atoms with Gasteiger partial charge in [-0.2, -0.15) is 4.31 Å². The highest BCUT2D eigenvalue weighted by Gasteiger charge is 2.30. The van der Waals surface area contributed by atoms with Crippen molar-refractivity contribution >= 4 is 21.6 Å². The molecule has 0 spiro atoms. The normalized spacial score (nSPS) is 16.3. The quantitative estimate of drug-likeness (QED) is 0.850. The van der Waals surface area contributed by atoms with Gasteiger partial charge in [0.25, 0.3) is 5.91 Å². The highest BCUT2D eigenvalue weighted by Crippen LogP contribution is 2.26. The van der Waals surface area contributed by atoms with Crippen LogP contribution in [0.5, 0.6) is 5.75 Å². The Kier molecular flexibility index (Phi) is 5.57. The summed E-state index contributed by atoms with van der Waals surface area (Å²) >= 11 is 0. The molecule has 0 bridgehead atoms. The van der Waals surface area contributed by atoms with Crippen molar-refractivity contribution in [1.29, 1.82) is 0 Å². The fraction of sp³-hybridized carbons (Fsp3) is 0.421. The maximum atomic E-state index is 12.9. The lowest BCUT2D eigenvalue weighted by Crippen LogP contribution is -2.37. The summed E-state index contributed by atoms with van der Waals surface area (Å²) in [5.74, 6) is 0.681. The van der Waals surface area contributed by atoms with Crippen molar-refractivity contribution in [3.05, 3.63) is 42.2 Å². The molecule has 1 fully saturated rings. The number of hydrogen-bond donors (Lipinski definition) is 1. The fourth-order valence-corrected chi connectivity index (χ4v) is 4.75. The van der Waals surface area contributed by atoms with E-state index in [1.54, 1.807) is 31.3 Å². The SMILES string of the molecule is COc1ccccc1NC(=O)c1cc(S(=O)(=O)N2CCC(C)CC2)cn1C. The van der Waals surface area contributed by atoms with Crippen LogP contribution >= 0.6 is 0 Å². The number of amides is 1.